The molecule has 1 saturated carbocycles. The Morgan fingerprint density at radius 1 is 1.09 bits per heavy atom. The zero-order chi connectivity index (χ0) is 24.6. The van der Waals surface area contributed by atoms with E-state index < -0.39 is 10.0 Å². The summed E-state index contributed by atoms with van der Waals surface area (Å²) >= 11 is 0. The number of sulfonamides is 1. The number of hydrogen-bond donors (Lipinski definition) is 2. The minimum atomic E-state index is -3.80. The summed E-state index contributed by atoms with van der Waals surface area (Å²) in [6.07, 6.45) is 3.78. The van der Waals surface area contributed by atoms with Crippen LogP contribution in [0.25, 0.3) is 22.3 Å². The summed E-state index contributed by atoms with van der Waals surface area (Å²) in [4.78, 5) is 20.5. The summed E-state index contributed by atoms with van der Waals surface area (Å²) in [6.45, 7) is 0. The van der Waals surface area contributed by atoms with Gasteiger partial charge in [0.05, 0.1) is 29.1 Å². The zero-order valence-corrected chi connectivity index (χ0v) is 19.8. The summed E-state index contributed by atoms with van der Waals surface area (Å²) in [5.41, 5.74) is 8.34. The molecule has 11 heteroatoms. The Hall–Kier alpha value is -3.99. The summed E-state index contributed by atoms with van der Waals surface area (Å²) in [7, 11) is -2.33. The average Bonchev–Trinajstić information content (AvgIpc) is 3.26. The fraction of sp³-hybridized carbons (Fsp3) is 0.250. The van der Waals surface area contributed by atoms with Gasteiger partial charge >= 0.3 is 0 Å². The number of aromatic nitrogens is 4. The first-order valence-corrected chi connectivity index (χ1v) is 12.6. The van der Waals surface area contributed by atoms with Gasteiger partial charge in [0.15, 0.2) is 5.65 Å². The van der Waals surface area contributed by atoms with E-state index >= 15 is 0 Å². The van der Waals surface area contributed by atoms with Gasteiger partial charge in [0.25, 0.3) is 10.0 Å². The molecule has 2 heterocycles. The molecule has 0 atom stereocenters. The number of hydrogen-bond acceptors (Lipinski definition) is 8. The van der Waals surface area contributed by atoms with E-state index in [2.05, 4.69) is 14.7 Å². The number of methoxy groups -OCH3 is 1. The third kappa shape index (κ3) is 4.30. The van der Waals surface area contributed by atoms with Crippen LogP contribution >= 0.6 is 0 Å². The molecule has 0 spiro atoms. The van der Waals surface area contributed by atoms with Gasteiger partial charge in [0, 0.05) is 18.4 Å². The van der Waals surface area contributed by atoms with Crippen molar-refractivity contribution in [3.05, 3.63) is 54.9 Å². The minimum Gasteiger partial charge on any atom is -0.495 e. The second-order valence-corrected chi connectivity index (χ2v) is 10.0. The van der Waals surface area contributed by atoms with Gasteiger partial charge in [-0.3, -0.25) is 9.52 Å². The van der Waals surface area contributed by atoms with Gasteiger partial charge in [-0.25, -0.2) is 23.1 Å². The van der Waals surface area contributed by atoms with Crippen LogP contribution in [-0.2, 0) is 14.8 Å². The highest BCUT2D eigenvalue weighted by molar-refractivity contribution is 7.92. The van der Waals surface area contributed by atoms with Crippen LogP contribution in [0.15, 0.2) is 59.8 Å². The molecule has 2 aromatic heterocycles. The molecule has 4 aromatic rings. The number of benzene rings is 2. The maximum Gasteiger partial charge on any atom is 0.262 e. The number of carbonyl (C=O) groups is 1. The van der Waals surface area contributed by atoms with Gasteiger partial charge in [-0.15, -0.1) is 0 Å². The van der Waals surface area contributed by atoms with E-state index in [1.165, 1.54) is 25.6 Å². The van der Waals surface area contributed by atoms with Crippen molar-refractivity contribution < 1.29 is 17.9 Å². The van der Waals surface area contributed by atoms with Crippen LogP contribution in [0.1, 0.15) is 31.7 Å². The predicted molar refractivity (Wildman–Crippen MR) is 131 cm³/mol. The third-order valence-corrected chi connectivity index (χ3v) is 7.53. The molecule has 0 aliphatic heterocycles. The standard InChI is InChI=1S/C24H24N6O4S/c1-34-20-13-15(7-12-19(20)29-35(32,33)18-5-3-2-4-6-18)22-21-23(25)26-14-27-24(21)30(28-22)16-8-10-17(31)11-9-16/h2-7,12-14,16,29H,8-11H2,1H3,(H2,25,26,27). The van der Waals surface area contributed by atoms with E-state index in [0.29, 0.717) is 59.4 Å². The molecule has 3 N–H and O–H groups in total. The van der Waals surface area contributed by atoms with Gasteiger partial charge < -0.3 is 10.5 Å². The van der Waals surface area contributed by atoms with Crippen molar-refractivity contribution in [1.82, 2.24) is 19.7 Å². The van der Waals surface area contributed by atoms with Gasteiger partial charge in [0.2, 0.25) is 0 Å². The molecule has 2 aromatic carbocycles. The summed E-state index contributed by atoms with van der Waals surface area (Å²) in [6, 6.07) is 13.2. The maximum atomic E-state index is 12.8. The van der Waals surface area contributed by atoms with Crippen molar-refractivity contribution in [2.24, 2.45) is 0 Å². The van der Waals surface area contributed by atoms with Gasteiger partial charge in [-0.05, 0) is 37.1 Å². The molecule has 0 saturated heterocycles. The molecule has 1 fully saturated rings. The second kappa shape index (κ2) is 8.99. The van der Waals surface area contributed by atoms with Crippen LogP contribution in [0, 0.1) is 0 Å². The number of ketones is 1. The van der Waals surface area contributed by atoms with Crippen LogP contribution < -0.4 is 15.2 Å². The molecule has 0 unspecified atom stereocenters. The first-order valence-electron chi connectivity index (χ1n) is 11.1. The lowest BCUT2D eigenvalue weighted by molar-refractivity contribution is -0.120. The van der Waals surface area contributed by atoms with Crippen LogP contribution in [0.3, 0.4) is 0 Å². The number of nitrogens with one attached hydrogen (secondary N) is 1. The van der Waals surface area contributed by atoms with Crippen LogP contribution in [0.5, 0.6) is 5.75 Å². The van der Waals surface area contributed by atoms with Gasteiger partial charge in [-0.2, -0.15) is 5.10 Å². The lowest BCUT2D eigenvalue weighted by atomic mass is 9.94. The SMILES string of the molecule is COc1cc(-c2nn(C3CCC(=O)CC3)c3ncnc(N)c23)ccc1NS(=O)(=O)c1ccccc1. The lowest BCUT2D eigenvalue weighted by Crippen LogP contribution is -2.19. The smallest absolute Gasteiger partial charge is 0.262 e. The maximum absolute atomic E-state index is 12.8. The third-order valence-electron chi connectivity index (χ3n) is 6.15. The van der Waals surface area contributed by atoms with E-state index in [-0.39, 0.29) is 22.5 Å². The Labute approximate surface area is 202 Å². The Morgan fingerprint density at radius 2 is 1.83 bits per heavy atom. The number of nitrogen functional groups attached to an aromatic ring is 1. The number of nitrogens with zero attached hydrogens (tertiary/aromatic N) is 4. The van der Waals surface area contributed by atoms with Gasteiger partial charge in [0.1, 0.15) is 29.4 Å². The molecule has 10 nitrogen and oxygen atoms in total. The van der Waals surface area contributed by atoms with Crippen molar-refractivity contribution in [3.63, 3.8) is 0 Å². The molecule has 180 valence electrons. The Morgan fingerprint density at radius 3 is 2.54 bits per heavy atom. The van der Waals surface area contributed by atoms with Crippen molar-refractivity contribution in [3.8, 4) is 17.0 Å². The first-order chi connectivity index (χ1) is 16.9. The number of rotatable bonds is 6. The lowest BCUT2D eigenvalue weighted by Gasteiger charge is -2.21. The first kappa shape index (κ1) is 22.8. The number of fused-ring (bicyclic) bond motifs is 1. The van der Waals surface area contributed by atoms with E-state index in [1.807, 2.05) is 4.68 Å². The van der Waals surface area contributed by atoms with Gasteiger partial charge in [-0.1, -0.05) is 24.3 Å². The molecule has 5 rings (SSSR count). The highest BCUT2D eigenvalue weighted by Gasteiger charge is 2.26. The highest BCUT2D eigenvalue weighted by atomic mass is 32.2. The van der Waals surface area contributed by atoms with Crippen LogP contribution in [0.2, 0.25) is 0 Å². The summed E-state index contributed by atoms with van der Waals surface area (Å²) in [5, 5.41) is 5.43. The Bertz CT molecular complexity index is 1510. The zero-order valence-electron chi connectivity index (χ0n) is 19.0. The van der Waals surface area contributed by atoms with Crippen LogP contribution in [0.4, 0.5) is 11.5 Å². The fourth-order valence-corrected chi connectivity index (χ4v) is 5.44. The van der Waals surface area contributed by atoms with Crippen LogP contribution in [-0.4, -0.2) is 41.1 Å². The fourth-order valence-electron chi connectivity index (χ4n) is 4.35. The molecule has 0 bridgehead atoms. The monoisotopic (exact) mass is 492 g/mol. The van der Waals surface area contributed by atoms with Crippen molar-refractivity contribution in [2.45, 2.75) is 36.6 Å². The predicted octanol–water partition coefficient (Wildman–Crippen LogP) is 3.57. The van der Waals surface area contributed by atoms with Crippen molar-refractivity contribution in [2.75, 3.05) is 17.6 Å². The average molecular weight is 493 g/mol. The number of nitrogens with two attached hydrogens (primary N) is 1. The molecule has 1 aliphatic carbocycles. The quantitative estimate of drug-likeness (QED) is 0.416. The van der Waals surface area contributed by atoms with Crippen molar-refractivity contribution in [1.29, 1.82) is 0 Å². The molecular formula is C24H24N6O4S. The molecule has 35 heavy (non-hydrogen) atoms. The molecule has 1 aliphatic rings. The number of Topliss-reactive ketones (excluding diaryl/α,β-unsaturated/α-hetero) is 1. The minimum absolute atomic E-state index is 0.0251. The Kier molecular flexibility index (Phi) is 5.85. The van der Waals surface area contributed by atoms with E-state index in [0.717, 1.165) is 0 Å². The topological polar surface area (TPSA) is 142 Å². The Balaban J connectivity index is 1.56. The molecular weight excluding hydrogens is 468 g/mol. The second-order valence-electron chi connectivity index (χ2n) is 8.35. The van der Waals surface area contributed by atoms with E-state index in [1.54, 1.807) is 36.4 Å². The number of anilines is 2. The summed E-state index contributed by atoms with van der Waals surface area (Å²) in [5.74, 6) is 0.865. The molecule has 0 amide bonds. The largest absolute Gasteiger partial charge is 0.495 e. The van der Waals surface area contributed by atoms with E-state index in [9.17, 15) is 13.2 Å². The van der Waals surface area contributed by atoms with Crippen molar-refractivity contribution >= 4 is 38.3 Å². The highest BCUT2D eigenvalue weighted by Crippen LogP contribution is 2.38. The number of ether oxygens (including phenoxy) is 1. The normalized spacial score (nSPS) is 14.8. The molecule has 0 radical (unpaired) electrons. The summed E-state index contributed by atoms with van der Waals surface area (Å²) < 4.78 is 35.5. The van der Waals surface area contributed by atoms with E-state index in [4.69, 9.17) is 15.6 Å². The number of carbonyl (C=O) groups excluding carboxylic acids is 1.